The first kappa shape index (κ1) is 9.69. The molecule has 0 unspecified atom stereocenters. The molecule has 14 heavy (non-hydrogen) atoms. The van der Waals surface area contributed by atoms with Gasteiger partial charge in [-0.05, 0) is 28.8 Å². The minimum Gasteiger partial charge on any atom is -0.396 e. The highest BCUT2D eigenvalue weighted by Gasteiger charge is 2.02. The minimum absolute atomic E-state index is 0.200. The van der Waals surface area contributed by atoms with Gasteiger partial charge in [0.25, 0.3) is 0 Å². The van der Waals surface area contributed by atoms with E-state index in [2.05, 4.69) is 34.1 Å². The molecule has 0 aromatic heterocycles. The predicted molar refractivity (Wildman–Crippen MR) is 62.4 cm³/mol. The summed E-state index contributed by atoms with van der Waals surface area (Å²) < 4.78 is 1.11. The van der Waals surface area contributed by atoms with E-state index in [1.807, 2.05) is 18.2 Å². The molecule has 1 N–H and O–H groups in total. The van der Waals surface area contributed by atoms with Crippen LogP contribution in [0.5, 0.6) is 0 Å². The van der Waals surface area contributed by atoms with Crippen molar-refractivity contribution in [2.24, 2.45) is 0 Å². The van der Waals surface area contributed by atoms with E-state index >= 15 is 0 Å². The van der Waals surface area contributed by atoms with Gasteiger partial charge in [0.1, 0.15) is 0 Å². The summed E-state index contributed by atoms with van der Waals surface area (Å²) in [5.74, 6) is 0. The Morgan fingerprint density at radius 3 is 2.43 bits per heavy atom. The van der Waals surface area contributed by atoms with Gasteiger partial charge in [-0.1, -0.05) is 46.3 Å². The van der Waals surface area contributed by atoms with E-state index in [0.717, 1.165) is 4.47 Å². The normalized spacial score (nSPS) is 10.7. The van der Waals surface area contributed by atoms with E-state index in [1.54, 1.807) is 0 Å². The van der Waals surface area contributed by atoms with Crippen LogP contribution in [0.1, 0.15) is 5.56 Å². The highest BCUT2D eigenvalue weighted by atomic mass is 79.9. The van der Waals surface area contributed by atoms with Gasteiger partial charge in [-0.15, -0.1) is 0 Å². The number of halogens is 1. The molecule has 2 rings (SSSR count). The molecule has 0 amide bonds. The summed E-state index contributed by atoms with van der Waals surface area (Å²) in [4.78, 5) is 0. The summed E-state index contributed by atoms with van der Waals surface area (Å²) in [7, 11) is 0. The number of fused-ring (bicyclic) bond motifs is 1. The third kappa shape index (κ3) is 1.68. The molecule has 2 heteroatoms. The molecule has 1 nitrogen and oxygen atoms in total. The standard InChI is InChI=1S/C12H11BrO/c13-12-6-5-9(7-8-14)10-3-1-2-4-11(10)12/h1-6,14H,7-8H2. The Morgan fingerprint density at radius 2 is 1.71 bits per heavy atom. The van der Waals surface area contributed by atoms with Gasteiger partial charge in [-0.25, -0.2) is 0 Å². The second-order valence-corrected chi connectivity index (χ2v) is 4.08. The van der Waals surface area contributed by atoms with Crippen LogP contribution < -0.4 is 0 Å². The zero-order valence-electron chi connectivity index (χ0n) is 7.70. The molecule has 0 aliphatic carbocycles. The summed E-state index contributed by atoms with van der Waals surface area (Å²) in [5.41, 5.74) is 1.20. The summed E-state index contributed by atoms with van der Waals surface area (Å²) in [5, 5.41) is 11.4. The van der Waals surface area contributed by atoms with Gasteiger partial charge < -0.3 is 5.11 Å². The average Bonchev–Trinajstić information content (AvgIpc) is 2.23. The first-order valence-corrected chi connectivity index (χ1v) is 5.39. The lowest BCUT2D eigenvalue weighted by atomic mass is 10.0. The van der Waals surface area contributed by atoms with Gasteiger partial charge >= 0.3 is 0 Å². The fourth-order valence-corrected chi connectivity index (χ4v) is 2.14. The Labute approximate surface area is 91.5 Å². The Morgan fingerprint density at radius 1 is 1.00 bits per heavy atom. The Hall–Kier alpha value is -0.860. The van der Waals surface area contributed by atoms with Crippen molar-refractivity contribution in [3.05, 3.63) is 46.4 Å². The van der Waals surface area contributed by atoms with Crippen LogP contribution in [-0.2, 0) is 6.42 Å². The largest absolute Gasteiger partial charge is 0.396 e. The van der Waals surface area contributed by atoms with Gasteiger partial charge in [0, 0.05) is 11.1 Å². The van der Waals surface area contributed by atoms with Crippen molar-refractivity contribution >= 4 is 26.7 Å². The van der Waals surface area contributed by atoms with Crippen molar-refractivity contribution in [3.63, 3.8) is 0 Å². The van der Waals surface area contributed by atoms with E-state index in [4.69, 9.17) is 5.11 Å². The van der Waals surface area contributed by atoms with Crippen molar-refractivity contribution in [1.29, 1.82) is 0 Å². The Kier molecular flexibility index (Phi) is 2.85. The number of hydrogen-bond acceptors (Lipinski definition) is 1. The lowest BCUT2D eigenvalue weighted by molar-refractivity contribution is 0.300. The van der Waals surface area contributed by atoms with Gasteiger partial charge in [0.2, 0.25) is 0 Å². The topological polar surface area (TPSA) is 20.2 Å². The number of benzene rings is 2. The molecule has 0 saturated carbocycles. The molecule has 0 aliphatic rings. The fourth-order valence-electron chi connectivity index (χ4n) is 1.66. The Bertz CT molecular complexity index is 451. The second kappa shape index (κ2) is 4.11. The molecule has 0 aliphatic heterocycles. The molecule has 0 bridgehead atoms. The Balaban J connectivity index is 2.68. The van der Waals surface area contributed by atoms with Gasteiger partial charge in [0.05, 0.1) is 0 Å². The van der Waals surface area contributed by atoms with Crippen LogP contribution >= 0.6 is 15.9 Å². The maximum atomic E-state index is 8.94. The highest BCUT2D eigenvalue weighted by Crippen LogP contribution is 2.26. The van der Waals surface area contributed by atoms with Crippen LogP contribution in [0.4, 0.5) is 0 Å². The molecule has 0 spiro atoms. The molecule has 0 radical (unpaired) electrons. The monoisotopic (exact) mass is 250 g/mol. The van der Waals surface area contributed by atoms with E-state index < -0.39 is 0 Å². The van der Waals surface area contributed by atoms with Gasteiger partial charge in [0.15, 0.2) is 0 Å². The SMILES string of the molecule is OCCc1ccc(Br)c2ccccc12. The quantitative estimate of drug-likeness (QED) is 0.869. The number of aliphatic hydroxyl groups is 1. The van der Waals surface area contributed by atoms with Gasteiger partial charge in [-0.2, -0.15) is 0 Å². The number of aliphatic hydroxyl groups excluding tert-OH is 1. The minimum atomic E-state index is 0.200. The average molecular weight is 251 g/mol. The van der Waals surface area contributed by atoms with Crippen LogP contribution in [0.25, 0.3) is 10.8 Å². The van der Waals surface area contributed by atoms with Crippen molar-refractivity contribution in [2.45, 2.75) is 6.42 Å². The summed E-state index contributed by atoms with van der Waals surface area (Å²) in [6.45, 7) is 0.200. The smallest absolute Gasteiger partial charge is 0.0471 e. The maximum Gasteiger partial charge on any atom is 0.0471 e. The zero-order valence-corrected chi connectivity index (χ0v) is 9.29. The molecule has 0 heterocycles. The van der Waals surface area contributed by atoms with Crippen LogP contribution in [0.2, 0.25) is 0 Å². The molecule has 0 saturated heterocycles. The van der Waals surface area contributed by atoms with Crippen LogP contribution in [0, 0.1) is 0 Å². The summed E-state index contributed by atoms with van der Waals surface area (Å²) >= 11 is 3.52. The third-order valence-corrected chi connectivity index (χ3v) is 3.03. The van der Waals surface area contributed by atoms with Crippen molar-refractivity contribution < 1.29 is 5.11 Å². The summed E-state index contributed by atoms with van der Waals surface area (Å²) in [6.07, 6.45) is 0.716. The molecule has 0 fully saturated rings. The van der Waals surface area contributed by atoms with Crippen LogP contribution in [0.3, 0.4) is 0 Å². The van der Waals surface area contributed by atoms with Crippen LogP contribution in [0.15, 0.2) is 40.9 Å². The molecular formula is C12H11BrO. The third-order valence-electron chi connectivity index (χ3n) is 2.34. The van der Waals surface area contributed by atoms with Crippen molar-refractivity contribution in [2.75, 3.05) is 6.61 Å². The lowest BCUT2D eigenvalue weighted by Gasteiger charge is -2.06. The summed E-state index contributed by atoms with van der Waals surface area (Å²) in [6, 6.07) is 12.3. The predicted octanol–water partition coefficient (Wildman–Crippen LogP) is 3.14. The fraction of sp³-hybridized carbons (Fsp3) is 0.167. The highest BCUT2D eigenvalue weighted by molar-refractivity contribution is 9.10. The first-order chi connectivity index (χ1) is 6.83. The molecular weight excluding hydrogens is 240 g/mol. The van der Waals surface area contributed by atoms with Crippen molar-refractivity contribution in [1.82, 2.24) is 0 Å². The maximum absolute atomic E-state index is 8.94. The molecule has 2 aromatic carbocycles. The van der Waals surface area contributed by atoms with Crippen LogP contribution in [-0.4, -0.2) is 11.7 Å². The lowest BCUT2D eigenvalue weighted by Crippen LogP contribution is -1.92. The number of rotatable bonds is 2. The van der Waals surface area contributed by atoms with E-state index in [1.165, 1.54) is 16.3 Å². The van der Waals surface area contributed by atoms with E-state index in [0.29, 0.717) is 6.42 Å². The number of hydrogen-bond donors (Lipinski definition) is 1. The molecule has 0 atom stereocenters. The molecule has 72 valence electrons. The zero-order chi connectivity index (χ0) is 9.97. The van der Waals surface area contributed by atoms with E-state index in [-0.39, 0.29) is 6.61 Å². The molecule has 2 aromatic rings. The second-order valence-electron chi connectivity index (χ2n) is 3.23. The first-order valence-electron chi connectivity index (χ1n) is 4.60. The van der Waals surface area contributed by atoms with Gasteiger partial charge in [-0.3, -0.25) is 0 Å². The van der Waals surface area contributed by atoms with Crippen molar-refractivity contribution in [3.8, 4) is 0 Å². The van der Waals surface area contributed by atoms with E-state index in [9.17, 15) is 0 Å².